The molecule has 0 aliphatic carbocycles. The molecule has 0 aromatic carbocycles. The van der Waals surface area contributed by atoms with Crippen molar-refractivity contribution >= 4 is 0 Å². The number of nitrogens with zero attached hydrogens (tertiary/aromatic N) is 3. The highest BCUT2D eigenvalue weighted by molar-refractivity contribution is 5.01. The van der Waals surface area contributed by atoms with Crippen LogP contribution in [0.25, 0.3) is 0 Å². The molecule has 1 atom stereocenters. The normalized spacial score (nSPS) is 22.3. The van der Waals surface area contributed by atoms with E-state index in [2.05, 4.69) is 17.1 Å². The smallest absolute Gasteiger partial charge is 0.161 e. The second-order valence-electron chi connectivity index (χ2n) is 3.14. The van der Waals surface area contributed by atoms with Gasteiger partial charge >= 0.3 is 0 Å². The van der Waals surface area contributed by atoms with Crippen LogP contribution in [0.2, 0.25) is 0 Å². The van der Waals surface area contributed by atoms with E-state index in [4.69, 9.17) is 0 Å². The van der Waals surface area contributed by atoms with Gasteiger partial charge in [-0.05, 0) is 12.8 Å². The number of fused-ring (bicyclic) bond motifs is 1. The highest BCUT2D eigenvalue weighted by atomic mass is 16.3. The first-order chi connectivity index (χ1) is 5.83. The van der Waals surface area contributed by atoms with E-state index in [-0.39, 0.29) is 0 Å². The van der Waals surface area contributed by atoms with Crippen molar-refractivity contribution in [2.24, 2.45) is 0 Å². The Hall–Kier alpha value is -0.900. The maximum Gasteiger partial charge on any atom is 0.161 e. The van der Waals surface area contributed by atoms with Gasteiger partial charge in [0.05, 0.1) is 0 Å². The largest absolute Gasteiger partial charge is 0.385 e. The molecular weight excluding hydrogens is 154 g/mol. The van der Waals surface area contributed by atoms with E-state index in [1.807, 2.05) is 4.57 Å². The molecule has 1 aliphatic rings. The minimum atomic E-state index is -0.397. The van der Waals surface area contributed by atoms with Gasteiger partial charge in [-0.25, -0.2) is 0 Å². The number of hydrogen-bond donors (Lipinski definition) is 1. The van der Waals surface area contributed by atoms with Gasteiger partial charge in [-0.2, -0.15) is 0 Å². The molecule has 0 fully saturated rings. The Kier molecular flexibility index (Phi) is 1.84. The fourth-order valence-corrected chi connectivity index (χ4v) is 1.67. The molecule has 2 rings (SSSR count). The molecule has 1 aromatic rings. The van der Waals surface area contributed by atoms with Gasteiger partial charge in [0.1, 0.15) is 11.9 Å². The predicted molar refractivity (Wildman–Crippen MR) is 43.6 cm³/mol. The molecule has 0 bridgehead atoms. The summed E-state index contributed by atoms with van der Waals surface area (Å²) < 4.78 is 2.04. The van der Waals surface area contributed by atoms with Gasteiger partial charge in [0.2, 0.25) is 0 Å². The summed E-state index contributed by atoms with van der Waals surface area (Å²) in [5.74, 6) is 1.74. The molecule has 0 radical (unpaired) electrons. The number of rotatable bonds is 1. The van der Waals surface area contributed by atoms with Gasteiger partial charge in [-0.15, -0.1) is 10.2 Å². The lowest BCUT2D eigenvalue weighted by molar-refractivity contribution is 0.133. The Morgan fingerprint density at radius 2 is 2.42 bits per heavy atom. The van der Waals surface area contributed by atoms with Crippen molar-refractivity contribution in [3.05, 3.63) is 11.6 Å². The van der Waals surface area contributed by atoms with Crippen LogP contribution in [-0.4, -0.2) is 19.9 Å². The highest BCUT2D eigenvalue weighted by Gasteiger charge is 2.22. The SMILES string of the molecule is CCc1nnc2n1CCCC2O. The zero-order valence-electron chi connectivity index (χ0n) is 7.19. The third-order valence-electron chi connectivity index (χ3n) is 2.33. The van der Waals surface area contributed by atoms with Gasteiger partial charge in [-0.3, -0.25) is 0 Å². The second kappa shape index (κ2) is 2.86. The summed E-state index contributed by atoms with van der Waals surface area (Å²) in [7, 11) is 0. The molecule has 1 aromatic heterocycles. The quantitative estimate of drug-likeness (QED) is 0.668. The molecule has 0 spiro atoms. The third kappa shape index (κ3) is 1.03. The summed E-state index contributed by atoms with van der Waals surface area (Å²) >= 11 is 0. The van der Waals surface area contributed by atoms with E-state index in [1.165, 1.54) is 0 Å². The van der Waals surface area contributed by atoms with Crippen LogP contribution in [0.3, 0.4) is 0 Å². The van der Waals surface area contributed by atoms with E-state index in [0.717, 1.165) is 37.5 Å². The minimum absolute atomic E-state index is 0.397. The molecule has 66 valence electrons. The van der Waals surface area contributed by atoms with E-state index >= 15 is 0 Å². The third-order valence-corrected chi connectivity index (χ3v) is 2.33. The second-order valence-corrected chi connectivity index (χ2v) is 3.14. The summed E-state index contributed by atoms with van der Waals surface area (Å²) in [6.07, 6.45) is 2.34. The number of aromatic nitrogens is 3. The summed E-state index contributed by atoms with van der Waals surface area (Å²) in [6.45, 7) is 3.01. The lowest BCUT2D eigenvalue weighted by atomic mass is 10.1. The Labute approximate surface area is 71.2 Å². The molecule has 1 N–H and O–H groups in total. The average molecular weight is 167 g/mol. The fourth-order valence-electron chi connectivity index (χ4n) is 1.67. The zero-order chi connectivity index (χ0) is 8.55. The number of aliphatic hydroxyl groups is 1. The molecule has 4 heteroatoms. The fraction of sp³-hybridized carbons (Fsp3) is 0.750. The van der Waals surface area contributed by atoms with Gasteiger partial charge in [0.25, 0.3) is 0 Å². The molecule has 0 saturated carbocycles. The monoisotopic (exact) mass is 167 g/mol. The van der Waals surface area contributed by atoms with E-state index in [1.54, 1.807) is 0 Å². The van der Waals surface area contributed by atoms with Crippen molar-refractivity contribution < 1.29 is 5.11 Å². The molecule has 12 heavy (non-hydrogen) atoms. The van der Waals surface area contributed by atoms with Gasteiger partial charge in [0, 0.05) is 13.0 Å². The lowest BCUT2D eigenvalue weighted by Gasteiger charge is -2.18. The molecule has 0 amide bonds. The predicted octanol–water partition coefficient (Wildman–Crippen LogP) is 0.668. The highest BCUT2D eigenvalue weighted by Crippen LogP contribution is 2.23. The Morgan fingerprint density at radius 3 is 3.17 bits per heavy atom. The van der Waals surface area contributed by atoms with Crippen molar-refractivity contribution in [2.75, 3.05) is 0 Å². The average Bonchev–Trinajstić information content (AvgIpc) is 2.49. The summed E-state index contributed by atoms with van der Waals surface area (Å²) in [5, 5.41) is 17.5. The lowest BCUT2D eigenvalue weighted by Crippen LogP contribution is -2.17. The van der Waals surface area contributed by atoms with Crippen molar-refractivity contribution in [1.82, 2.24) is 14.8 Å². The number of aliphatic hydroxyl groups excluding tert-OH is 1. The molecule has 2 heterocycles. The first kappa shape index (κ1) is 7.73. The van der Waals surface area contributed by atoms with Crippen LogP contribution in [0.4, 0.5) is 0 Å². The summed E-state index contributed by atoms with van der Waals surface area (Å²) in [4.78, 5) is 0. The first-order valence-corrected chi connectivity index (χ1v) is 4.43. The van der Waals surface area contributed by atoms with Crippen molar-refractivity contribution in [3.8, 4) is 0 Å². The van der Waals surface area contributed by atoms with Crippen molar-refractivity contribution in [1.29, 1.82) is 0 Å². The number of hydrogen-bond acceptors (Lipinski definition) is 3. The molecule has 1 unspecified atom stereocenters. The Balaban J connectivity index is 2.41. The summed E-state index contributed by atoms with van der Waals surface area (Å²) in [6, 6.07) is 0. The standard InChI is InChI=1S/C8H13N3O/c1-2-7-9-10-8-6(12)4-3-5-11(7)8/h6,12H,2-5H2,1H3. The maximum atomic E-state index is 9.55. The van der Waals surface area contributed by atoms with Crippen LogP contribution in [0.5, 0.6) is 0 Å². The molecular formula is C8H13N3O. The Bertz CT molecular complexity index is 282. The first-order valence-electron chi connectivity index (χ1n) is 4.43. The molecule has 0 saturated heterocycles. The van der Waals surface area contributed by atoms with E-state index < -0.39 is 6.10 Å². The maximum absolute atomic E-state index is 9.55. The molecule has 1 aliphatic heterocycles. The van der Waals surface area contributed by atoms with Crippen LogP contribution in [0.1, 0.15) is 37.5 Å². The number of aryl methyl sites for hydroxylation is 1. The minimum Gasteiger partial charge on any atom is -0.385 e. The van der Waals surface area contributed by atoms with E-state index in [0.29, 0.717) is 0 Å². The molecule has 4 nitrogen and oxygen atoms in total. The topological polar surface area (TPSA) is 50.9 Å². The van der Waals surface area contributed by atoms with Crippen LogP contribution < -0.4 is 0 Å². The van der Waals surface area contributed by atoms with Crippen LogP contribution >= 0.6 is 0 Å². The van der Waals surface area contributed by atoms with Crippen LogP contribution in [0.15, 0.2) is 0 Å². The Morgan fingerprint density at radius 1 is 1.58 bits per heavy atom. The van der Waals surface area contributed by atoms with Crippen molar-refractivity contribution in [2.45, 2.75) is 38.8 Å². The zero-order valence-corrected chi connectivity index (χ0v) is 7.19. The van der Waals surface area contributed by atoms with Crippen LogP contribution in [0, 0.1) is 0 Å². The van der Waals surface area contributed by atoms with Gasteiger partial charge in [-0.1, -0.05) is 6.92 Å². The van der Waals surface area contributed by atoms with E-state index in [9.17, 15) is 5.11 Å². The van der Waals surface area contributed by atoms with Crippen LogP contribution in [-0.2, 0) is 13.0 Å². The van der Waals surface area contributed by atoms with Gasteiger partial charge in [0.15, 0.2) is 5.82 Å². The van der Waals surface area contributed by atoms with Crippen molar-refractivity contribution in [3.63, 3.8) is 0 Å². The van der Waals surface area contributed by atoms with Gasteiger partial charge < -0.3 is 9.67 Å². The summed E-state index contributed by atoms with van der Waals surface area (Å²) in [5.41, 5.74) is 0.